The zero-order chi connectivity index (χ0) is 21.8. The quantitative estimate of drug-likeness (QED) is 0.465. The van der Waals surface area contributed by atoms with Gasteiger partial charge in [0, 0.05) is 5.56 Å². The Morgan fingerprint density at radius 1 is 0.968 bits per heavy atom. The predicted molar refractivity (Wildman–Crippen MR) is 127 cm³/mol. The maximum absolute atomic E-state index is 13.1. The maximum Gasteiger partial charge on any atom is 0.494 e. The molecule has 0 bridgehead atoms. The summed E-state index contributed by atoms with van der Waals surface area (Å²) in [5.74, 6) is -0.185. The fourth-order valence-corrected chi connectivity index (χ4v) is 4.57. The van der Waals surface area contributed by atoms with Gasteiger partial charge in [-0.05, 0) is 62.1 Å². The smallest absolute Gasteiger partial charge is 0.399 e. The molecule has 5 rings (SSSR count). The number of nitrogens with zero attached hydrogens (tertiary/aromatic N) is 1. The van der Waals surface area contributed by atoms with Crippen LogP contribution in [0.3, 0.4) is 0 Å². The van der Waals surface area contributed by atoms with Gasteiger partial charge in [-0.3, -0.25) is 10.1 Å². The van der Waals surface area contributed by atoms with Gasteiger partial charge in [-0.15, -0.1) is 0 Å². The summed E-state index contributed by atoms with van der Waals surface area (Å²) in [6.45, 7) is 8.13. The van der Waals surface area contributed by atoms with E-state index < -0.39 is 18.3 Å². The summed E-state index contributed by atoms with van der Waals surface area (Å²) in [7, 11) is -0.477. The number of nitrogens with one attached hydrogen (secondary N) is 1. The van der Waals surface area contributed by atoms with Gasteiger partial charge in [0.1, 0.15) is 0 Å². The lowest BCUT2D eigenvalue weighted by molar-refractivity contribution is 0.00578. The minimum absolute atomic E-state index is 0.185. The average molecular weight is 430 g/mol. The first kappa shape index (κ1) is 20.2. The fourth-order valence-electron chi connectivity index (χ4n) is 3.70. The van der Waals surface area contributed by atoms with Crippen molar-refractivity contribution in [2.45, 2.75) is 38.9 Å². The van der Waals surface area contributed by atoms with E-state index in [1.54, 1.807) is 0 Å². The van der Waals surface area contributed by atoms with Gasteiger partial charge >= 0.3 is 7.12 Å². The van der Waals surface area contributed by atoms with Gasteiger partial charge in [-0.25, -0.2) is 4.98 Å². The Morgan fingerprint density at radius 3 is 2.45 bits per heavy atom. The van der Waals surface area contributed by atoms with Crippen molar-refractivity contribution in [3.8, 4) is 0 Å². The Balaban J connectivity index is 1.49. The molecule has 1 aromatic heterocycles. The van der Waals surface area contributed by atoms with Crippen LogP contribution in [0.1, 0.15) is 38.1 Å². The van der Waals surface area contributed by atoms with Crippen LogP contribution in [-0.2, 0) is 9.31 Å². The number of para-hydroxylation sites is 1. The number of rotatable bonds is 3. The van der Waals surface area contributed by atoms with Gasteiger partial charge in [-0.2, -0.15) is 0 Å². The molecule has 0 radical (unpaired) electrons. The molecular formula is C24H23BN2O3S. The van der Waals surface area contributed by atoms with E-state index in [1.165, 1.54) is 11.3 Å². The number of anilines is 1. The SMILES string of the molecule is CC1(C)OB(c2ccc3cccc(C(=O)Nc4nc5ccccc5s4)c3c2)OC1(C)C. The van der Waals surface area contributed by atoms with Crippen molar-refractivity contribution in [3.05, 3.63) is 66.2 Å². The summed E-state index contributed by atoms with van der Waals surface area (Å²) in [4.78, 5) is 17.7. The minimum atomic E-state index is -0.477. The topological polar surface area (TPSA) is 60.5 Å². The number of hydrogen-bond acceptors (Lipinski definition) is 5. The van der Waals surface area contributed by atoms with E-state index in [1.807, 2.05) is 88.4 Å². The Hall–Kier alpha value is -2.74. The molecule has 0 spiro atoms. The molecule has 4 aromatic rings. The first-order chi connectivity index (χ1) is 14.7. The molecule has 1 N–H and O–H groups in total. The molecule has 5 nitrogen and oxygen atoms in total. The lowest BCUT2D eigenvalue weighted by atomic mass is 9.78. The van der Waals surface area contributed by atoms with E-state index in [-0.39, 0.29) is 5.91 Å². The summed E-state index contributed by atoms with van der Waals surface area (Å²) in [6, 6.07) is 19.6. The molecule has 7 heteroatoms. The third-order valence-electron chi connectivity index (χ3n) is 6.19. The van der Waals surface area contributed by atoms with Gasteiger partial charge in [0.05, 0.1) is 21.4 Å². The molecule has 31 heavy (non-hydrogen) atoms. The molecule has 1 aliphatic rings. The molecule has 1 fully saturated rings. The van der Waals surface area contributed by atoms with Crippen LogP contribution in [0, 0.1) is 0 Å². The highest BCUT2D eigenvalue weighted by Crippen LogP contribution is 2.36. The van der Waals surface area contributed by atoms with E-state index in [4.69, 9.17) is 9.31 Å². The Kier molecular flexibility index (Phi) is 4.66. The van der Waals surface area contributed by atoms with Crippen molar-refractivity contribution < 1.29 is 14.1 Å². The van der Waals surface area contributed by atoms with Gasteiger partial charge in [0.25, 0.3) is 5.91 Å². The van der Waals surface area contributed by atoms with Crippen molar-refractivity contribution >= 4 is 55.9 Å². The highest BCUT2D eigenvalue weighted by molar-refractivity contribution is 7.22. The number of hydrogen-bond donors (Lipinski definition) is 1. The summed E-state index contributed by atoms with van der Waals surface area (Å²) >= 11 is 1.47. The number of amides is 1. The molecule has 0 unspecified atom stereocenters. The lowest BCUT2D eigenvalue weighted by Gasteiger charge is -2.32. The normalized spacial score (nSPS) is 17.4. The average Bonchev–Trinajstić information content (AvgIpc) is 3.23. The van der Waals surface area contributed by atoms with E-state index in [0.29, 0.717) is 10.7 Å². The summed E-state index contributed by atoms with van der Waals surface area (Å²) in [5, 5.41) is 5.39. The number of fused-ring (bicyclic) bond motifs is 2. The number of aromatic nitrogens is 1. The lowest BCUT2D eigenvalue weighted by Crippen LogP contribution is -2.41. The van der Waals surface area contributed by atoms with Crippen LogP contribution in [0.2, 0.25) is 0 Å². The van der Waals surface area contributed by atoms with E-state index >= 15 is 0 Å². The van der Waals surface area contributed by atoms with E-state index in [0.717, 1.165) is 26.5 Å². The standard InChI is InChI=1S/C24H23BN2O3S/c1-23(2)24(3,4)30-25(29-23)16-13-12-15-8-7-9-17(18(15)14-16)21(28)27-22-26-19-10-5-6-11-20(19)31-22/h5-14H,1-4H3,(H,26,27,28). The highest BCUT2D eigenvalue weighted by atomic mass is 32.1. The van der Waals surface area contributed by atoms with E-state index in [9.17, 15) is 4.79 Å². The predicted octanol–water partition coefficient (Wildman–Crippen LogP) is 5.00. The van der Waals surface area contributed by atoms with E-state index in [2.05, 4.69) is 10.3 Å². The van der Waals surface area contributed by atoms with Gasteiger partial charge in [-0.1, -0.05) is 53.8 Å². The second-order valence-electron chi connectivity index (χ2n) is 8.82. The van der Waals surface area contributed by atoms with Crippen LogP contribution < -0.4 is 10.8 Å². The Morgan fingerprint density at radius 2 is 1.71 bits per heavy atom. The fraction of sp³-hybridized carbons (Fsp3) is 0.250. The first-order valence-corrected chi connectivity index (χ1v) is 11.1. The number of benzene rings is 3. The molecule has 1 aliphatic heterocycles. The van der Waals surface area contributed by atoms with Gasteiger partial charge in [0.2, 0.25) is 0 Å². The molecule has 1 amide bonds. The zero-order valence-electron chi connectivity index (χ0n) is 17.9. The van der Waals surface area contributed by atoms with Crippen LogP contribution in [0.4, 0.5) is 5.13 Å². The molecule has 3 aromatic carbocycles. The monoisotopic (exact) mass is 430 g/mol. The Bertz CT molecular complexity index is 1270. The largest absolute Gasteiger partial charge is 0.494 e. The van der Waals surface area contributed by atoms with Crippen LogP contribution in [0.5, 0.6) is 0 Å². The van der Waals surface area contributed by atoms with Crippen molar-refractivity contribution in [3.63, 3.8) is 0 Å². The Labute approximate surface area is 185 Å². The summed E-state index contributed by atoms with van der Waals surface area (Å²) in [6.07, 6.45) is 0. The highest BCUT2D eigenvalue weighted by Gasteiger charge is 2.51. The van der Waals surface area contributed by atoms with Gasteiger partial charge in [0.15, 0.2) is 5.13 Å². The van der Waals surface area contributed by atoms with Gasteiger partial charge < -0.3 is 9.31 Å². The molecule has 0 atom stereocenters. The van der Waals surface area contributed by atoms with Crippen LogP contribution >= 0.6 is 11.3 Å². The molecule has 156 valence electrons. The summed E-state index contributed by atoms with van der Waals surface area (Å²) in [5.41, 5.74) is 1.53. The molecular weight excluding hydrogens is 407 g/mol. The van der Waals surface area contributed by atoms with Crippen molar-refractivity contribution in [2.75, 3.05) is 5.32 Å². The van der Waals surface area contributed by atoms with Crippen LogP contribution in [-0.4, -0.2) is 29.2 Å². The first-order valence-electron chi connectivity index (χ1n) is 10.3. The second kappa shape index (κ2) is 7.16. The van der Waals surface area contributed by atoms with Crippen LogP contribution in [0.15, 0.2) is 60.7 Å². The maximum atomic E-state index is 13.1. The number of thiazole rings is 1. The van der Waals surface area contributed by atoms with Crippen molar-refractivity contribution in [1.29, 1.82) is 0 Å². The number of carbonyl (C=O) groups excluding carboxylic acids is 1. The third kappa shape index (κ3) is 3.53. The van der Waals surface area contributed by atoms with Crippen molar-refractivity contribution in [2.24, 2.45) is 0 Å². The molecule has 0 saturated carbocycles. The molecule has 1 saturated heterocycles. The second-order valence-corrected chi connectivity index (χ2v) is 9.85. The molecule has 0 aliphatic carbocycles. The minimum Gasteiger partial charge on any atom is -0.399 e. The third-order valence-corrected chi connectivity index (χ3v) is 7.14. The summed E-state index contributed by atoms with van der Waals surface area (Å²) < 4.78 is 13.4. The van der Waals surface area contributed by atoms with Crippen molar-refractivity contribution in [1.82, 2.24) is 4.98 Å². The molecule has 2 heterocycles. The number of carbonyl (C=O) groups is 1. The van der Waals surface area contributed by atoms with Crippen LogP contribution in [0.25, 0.3) is 21.0 Å². The zero-order valence-corrected chi connectivity index (χ0v) is 18.7.